The molecule has 4 heteroatoms. The van der Waals surface area contributed by atoms with Crippen molar-refractivity contribution in [1.82, 2.24) is 9.88 Å². The van der Waals surface area contributed by atoms with E-state index in [9.17, 15) is 0 Å². The molecule has 0 bridgehead atoms. The number of fused-ring (bicyclic) bond motifs is 1. The summed E-state index contributed by atoms with van der Waals surface area (Å²) in [7, 11) is 0. The highest BCUT2D eigenvalue weighted by Gasteiger charge is 2.04. The third-order valence-corrected chi connectivity index (χ3v) is 3.67. The zero-order valence-electron chi connectivity index (χ0n) is 12.1. The fourth-order valence-corrected chi connectivity index (χ4v) is 2.59. The van der Waals surface area contributed by atoms with E-state index < -0.39 is 0 Å². The molecule has 0 aliphatic carbocycles. The normalized spacial score (nSPS) is 11.3. The third-order valence-electron chi connectivity index (χ3n) is 3.37. The summed E-state index contributed by atoms with van der Waals surface area (Å²) in [6.45, 7) is 6.66. The molecule has 0 aliphatic rings. The van der Waals surface area contributed by atoms with E-state index in [1.165, 1.54) is 5.52 Å². The maximum Gasteiger partial charge on any atom is 0.0661 e. The van der Waals surface area contributed by atoms with E-state index in [4.69, 9.17) is 16.3 Å². The second-order valence-corrected chi connectivity index (χ2v) is 5.25. The molecule has 3 nitrogen and oxygen atoms in total. The highest BCUT2D eigenvalue weighted by Crippen LogP contribution is 2.25. The van der Waals surface area contributed by atoms with Crippen LogP contribution in [0, 0.1) is 0 Å². The fraction of sp³-hybridized carbons (Fsp3) is 0.500. The van der Waals surface area contributed by atoms with Crippen molar-refractivity contribution in [3.05, 3.63) is 35.5 Å². The molecule has 0 unspecified atom stereocenters. The largest absolute Gasteiger partial charge is 0.382 e. The maximum atomic E-state index is 6.23. The molecule has 0 fully saturated rings. The van der Waals surface area contributed by atoms with Gasteiger partial charge < -0.3 is 14.6 Å². The number of para-hydroxylation sites is 1. The number of unbranched alkanes of at least 4 members (excludes halogenated alkanes) is 1. The monoisotopic (exact) mass is 294 g/mol. The van der Waals surface area contributed by atoms with Gasteiger partial charge in [-0.3, -0.25) is 0 Å². The summed E-state index contributed by atoms with van der Waals surface area (Å²) >= 11 is 6.23. The van der Waals surface area contributed by atoms with E-state index in [-0.39, 0.29) is 0 Å². The van der Waals surface area contributed by atoms with E-state index in [0.29, 0.717) is 0 Å². The molecular weight excluding hydrogens is 272 g/mol. The van der Waals surface area contributed by atoms with Crippen LogP contribution in [0.4, 0.5) is 0 Å². The Morgan fingerprint density at radius 1 is 1.20 bits per heavy atom. The molecule has 1 heterocycles. The Kier molecular flexibility index (Phi) is 6.37. The quantitative estimate of drug-likeness (QED) is 0.714. The summed E-state index contributed by atoms with van der Waals surface area (Å²) in [4.78, 5) is 0. The average Bonchev–Trinajstić information content (AvgIpc) is 2.79. The molecule has 1 aromatic carbocycles. The summed E-state index contributed by atoms with van der Waals surface area (Å²) in [5.41, 5.74) is 1.20. The van der Waals surface area contributed by atoms with Crippen molar-refractivity contribution in [2.45, 2.75) is 26.3 Å². The van der Waals surface area contributed by atoms with Gasteiger partial charge in [-0.1, -0.05) is 29.8 Å². The van der Waals surface area contributed by atoms with Gasteiger partial charge in [-0.2, -0.15) is 0 Å². The molecular formula is C16H23ClN2O. The predicted octanol–water partition coefficient (Wildman–Crippen LogP) is 3.70. The van der Waals surface area contributed by atoms with Crippen LogP contribution in [0.5, 0.6) is 0 Å². The highest BCUT2D eigenvalue weighted by molar-refractivity contribution is 6.35. The number of halogens is 1. The lowest BCUT2D eigenvalue weighted by atomic mass is 10.2. The van der Waals surface area contributed by atoms with E-state index >= 15 is 0 Å². The molecule has 1 aromatic heterocycles. The van der Waals surface area contributed by atoms with Gasteiger partial charge in [-0.25, -0.2) is 0 Å². The van der Waals surface area contributed by atoms with E-state index in [1.54, 1.807) is 0 Å². The molecule has 0 atom stereocenters. The summed E-state index contributed by atoms with van der Waals surface area (Å²) in [6.07, 6.45) is 4.30. The molecule has 110 valence electrons. The van der Waals surface area contributed by atoms with Gasteiger partial charge in [0, 0.05) is 43.4 Å². The third kappa shape index (κ3) is 4.23. The minimum Gasteiger partial charge on any atom is -0.382 e. The zero-order chi connectivity index (χ0) is 14.2. The van der Waals surface area contributed by atoms with Gasteiger partial charge in [0.1, 0.15) is 0 Å². The number of nitrogens with zero attached hydrogens (tertiary/aromatic N) is 1. The first kappa shape index (κ1) is 15.4. The number of aromatic nitrogens is 1. The number of ether oxygens (including phenoxy) is 1. The lowest BCUT2D eigenvalue weighted by Crippen LogP contribution is -2.21. The van der Waals surface area contributed by atoms with E-state index in [2.05, 4.69) is 28.1 Å². The summed E-state index contributed by atoms with van der Waals surface area (Å²) in [5, 5.41) is 5.43. The van der Waals surface area contributed by atoms with Crippen LogP contribution in [-0.4, -0.2) is 30.9 Å². The molecule has 2 rings (SSSR count). The second-order valence-electron chi connectivity index (χ2n) is 4.84. The Labute approximate surface area is 125 Å². The Balaban J connectivity index is 1.71. The van der Waals surface area contributed by atoms with Crippen LogP contribution in [0.1, 0.15) is 19.8 Å². The number of nitrogens with one attached hydrogen (secondary N) is 1. The summed E-state index contributed by atoms with van der Waals surface area (Å²) in [6, 6.07) is 8.25. The van der Waals surface area contributed by atoms with Crippen LogP contribution in [0.15, 0.2) is 30.5 Å². The van der Waals surface area contributed by atoms with Gasteiger partial charge in [-0.15, -0.1) is 0 Å². The van der Waals surface area contributed by atoms with Gasteiger partial charge in [0.2, 0.25) is 0 Å². The van der Waals surface area contributed by atoms with Crippen molar-refractivity contribution in [3.63, 3.8) is 0 Å². The summed E-state index contributed by atoms with van der Waals surface area (Å²) < 4.78 is 7.53. The minimum atomic E-state index is 0.814. The summed E-state index contributed by atoms with van der Waals surface area (Å²) in [5.74, 6) is 0. The Bertz CT molecular complexity index is 524. The van der Waals surface area contributed by atoms with Crippen LogP contribution in [-0.2, 0) is 11.3 Å². The molecule has 1 N–H and O–H groups in total. The van der Waals surface area contributed by atoms with Crippen molar-refractivity contribution in [3.8, 4) is 0 Å². The van der Waals surface area contributed by atoms with Crippen LogP contribution in [0.3, 0.4) is 0 Å². The van der Waals surface area contributed by atoms with E-state index in [0.717, 1.165) is 56.1 Å². The Morgan fingerprint density at radius 2 is 2.05 bits per heavy atom. The van der Waals surface area contributed by atoms with Gasteiger partial charge in [-0.05, 0) is 32.4 Å². The maximum absolute atomic E-state index is 6.23. The minimum absolute atomic E-state index is 0.814. The zero-order valence-corrected chi connectivity index (χ0v) is 12.8. The van der Waals surface area contributed by atoms with Crippen molar-refractivity contribution >= 4 is 22.5 Å². The standard InChI is InChI=1S/C16H23ClN2O/c1-2-20-12-6-5-9-18-10-11-19-13-15(17)14-7-3-4-8-16(14)19/h3-4,7-8,13,18H,2,5-6,9-12H2,1H3. The molecule has 0 radical (unpaired) electrons. The lowest BCUT2D eigenvalue weighted by molar-refractivity contribution is 0.143. The average molecular weight is 295 g/mol. The predicted molar refractivity (Wildman–Crippen MR) is 85.5 cm³/mol. The Morgan fingerprint density at radius 3 is 2.90 bits per heavy atom. The molecule has 0 spiro atoms. The Hall–Kier alpha value is -1.03. The molecule has 0 saturated heterocycles. The molecule has 20 heavy (non-hydrogen) atoms. The molecule has 0 aliphatic heterocycles. The van der Waals surface area contributed by atoms with Gasteiger partial charge in [0.15, 0.2) is 0 Å². The second kappa shape index (κ2) is 8.30. The fourth-order valence-electron chi connectivity index (χ4n) is 2.31. The first-order valence-corrected chi connectivity index (χ1v) is 7.72. The molecule has 0 saturated carbocycles. The van der Waals surface area contributed by atoms with Gasteiger partial charge in [0.25, 0.3) is 0 Å². The number of benzene rings is 1. The number of rotatable bonds is 9. The lowest BCUT2D eigenvalue weighted by Gasteiger charge is -2.07. The van der Waals surface area contributed by atoms with Crippen molar-refractivity contribution in [2.24, 2.45) is 0 Å². The van der Waals surface area contributed by atoms with Crippen LogP contribution < -0.4 is 5.32 Å². The van der Waals surface area contributed by atoms with E-state index in [1.807, 2.05) is 19.2 Å². The first-order valence-electron chi connectivity index (χ1n) is 7.34. The smallest absolute Gasteiger partial charge is 0.0661 e. The van der Waals surface area contributed by atoms with Crippen molar-refractivity contribution in [2.75, 3.05) is 26.3 Å². The SMILES string of the molecule is CCOCCCCNCCn1cc(Cl)c2ccccc21. The van der Waals surface area contributed by atoms with Crippen LogP contribution >= 0.6 is 11.6 Å². The number of hydrogen-bond acceptors (Lipinski definition) is 2. The first-order chi connectivity index (χ1) is 9.83. The van der Waals surface area contributed by atoms with Crippen LogP contribution in [0.25, 0.3) is 10.9 Å². The van der Waals surface area contributed by atoms with Crippen molar-refractivity contribution < 1.29 is 4.74 Å². The van der Waals surface area contributed by atoms with Crippen molar-refractivity contribution in [1.29, 1.82) is 0 Å². The number of hydrogen-bond donors (Lipinski definition) is 1. The molecule has 2 aromatic rings. The van der Waals surface area contributed by atoms with Gasteiger partial charge in [0.05, 0.1) is 5.02 Å². The highest BCUT2D eigenvalue weighted by atomic mass is 35.5. The van der Waals surface area contributed by atoms with Gasteiger partial charge >= 0.3 is 0 Å². The van der Waals surface area contributed by atoms with Crippen LogP contribution in [0.2, 0.25) is 5.02 Å². The molecule has 0 amide bonds. The topological polar surface area (TPSA) is 26.2 Å².